The number of hydrogen-bond donors (Lipinski definition) is 1. The lowest BCUT2D eigenvalue weighted by atomic mass is 10.2. The quantitative estimate of drug-likeness (QED) is 0.652. The first-order valence-electron chi connectivity index (χ1n) is 8.43. The van der Waals surface area contributed by atoms with Gasteiger partial charge in [0, 0.05) is 23.5 Å². The van der Waals surface area contributed by atoms with Gasteiger partial charge in [-0.3, -0.25) is 24.3 Å². The van der Waals surface area contributed by atoms with Crippen LogP contribution in [0.4, 0.5) is 5.13 Å². The maximum Gasteiger partial charge on any atom is 0.311 e. The predicted molar refractivity (Wildman–Crippen MR) is 102 cm³/mol. The number of thiazole rings is 1. The second kappa shape index (κ2) is 8.09. The molecule has 0 aliphatic rings. The Morgan fingerprint density at radius 2 is 2.15 bits per heavy atom. The number of fused-ring (bicyclic) bond motifs is 1. The Labute approximate surface area is 158 Å². The summed E-state index contributed by atoms with van der Waals surface area (Å²) >= 11 is 1.18. The van der Waals surface area contributed by atoms with E-state index in [0.717, 1.165) is 0 Å². The van der Waals surface area contributed by atoms with Crippen molar-refractivity contribution in [1.29, 1.82) is 0 Å². The number of hydrogen-bond acceptors (Lipinski definition) is 7. The molecule has 3 heterocycles. The molecular formula is C18H18N4O4S. The summed E-state index contributed by atoms with van der Waals surface area (Å²) in [4.78, 5) is 45.2. The Kier molecular flexibility index (Phi) is 5.60. The first kappa shape index (κ1) is 18.7. The van der Waals surface area contributed by atoms with E-state index in [0.29, 0.717) is 35.0 Å². The van der Waals surface area contributed by atoms with E-state index in [1.165, 1.54) is 22.0 Å². The molecular weight excluding hydrogens is 368 g/mol. The Morgan fingerprint density at radius 3 is 2.89 bits per heavy atom. The first-order chi connectivity index (χ1) is 13.0. The highest BCUT2D eigenvalue weighted by molar-refractivity contribution is 7.14. The van der Waals surface area contributed by atoms with E-state index in [2.05, 4.69) is 15.3 Å². The van der Waals surface area contributed by atoms with Crippen LogP contribution in [0.1, 0.15) is 29.9 Å². The first-order valence-corrected chi connectivity index (χ1v) is 9.31. The van der Waals surface area contributed by atoms with Crippen LogP contribution in [0, 0.1) is 0 Å². The summed E-state index contributed by atoms with van der Waals surface area (Å²) in [6.07, 6.45) is 1.64. The van der Waals surface area contributed by atoms with Crippen LogP contribution in [0.5, 0.6) is 0 Å². The van der Waals surface area contributed by atoms with E-state index in [9.17, 15) is 14.4 Å². The highest BCUT2D eigenvalue weighted by Crippen LogP contribution is 2.18. The molecule has 0 saturated carbocycles. The number of rotatable bonds is 6. The average Bonchev–Trinajstić information content (AvgIpc) is 3.08. The van der Waals surface area contributed by atoms with Crippen molar-refractivity contribution in [3.05, 3.63) is 51.4 Å². The molecule has 3 rings (SSSR count). The van der Waals surface area contributed by atoms with Crippen molar-refractivity contribution in [1.82, 2.24) is 14.5 Å². The lowest BCUT2D eigenvalue weighted by molar-refractivity contribution is -0.142. The zero-order valence-corrected chi connectivity index (χ0v) is 15.7. The SMILES string of the molecule is CCOC(=O)Cc1csc(NC(=O)c2cc3cccnc3n(CC)c2=O)n1. The van der Waals surface area contributed by atoms with Crippen molar-refractivity contribution in [2.45, 2.75) is 26.8 Å². The Balaban J connectivity index is 1.85. The second-order valence-electron chi connectivity index (χ2n) is 5.60. The molecule has 3 aromatic heterocycles. The molecule has 0 aromatic carbocycles. The van der Waals surface area contributed by atoms with E-state index in [4.69, 9.17) is 4.74 Å². The fourth-order valence-corrected chi connectivity index (χ4v) is 3.34. The summed E-state index contributed by atoms with van der Waals surface area (Å²) in [5, 5.41) is 5.30. The molecule has 9 heteroatoms. The average molecular weight is 386 g/mol. The van der Waals surface area contributed by atoms with Gasteiger partial charge in [-0.05, 0) is 32.0 Å². The molecule has 0 fully saturated rings. The van der Waals surface area contributed by atoms with Crippen LogP contribution in [-0.2, 0) is 22.5 Å². The van der Waals surface area contributed by atoms with Crippen LogP contribution in [0.25, 0.3) is 11.0 Å². The van der Waals surface area contributed by atoms with Gasteiger partial charge in [-0.15, -0.1) is 11.3 Å². The van der Waals surface area contributed by atoms with E-state index in [1.807, 2.05) is 6.92 Å². The smallest absolute Gasteiger partial charge is 0.311 e. The number of aryl methyl sites for hydroxylation is 1. The Morgan fingerprint density at radius 1 is 1.33 bits per heavy atom. The van der Waals surface area contributed by atoms with Crippen molar-refractivity contribution < 1.29 is 14.3 Å². The van der Waals surface area contributed by atoms with Gasteiger partial charge in [0.25, 0.3) is 11.5 Å². The number of anilines is 1. The lowest BCUT2D eigenvalue weighted by Gasteiger charge is -2.09. The van der Waals surface area contributed by atoms with Gasteiger partial charge in [-0.2, -0.15) is 0 Å². The zero-order chi connectivity index (χ0) is 19.4. The van der Waals surface area contributed by atoms with Gasteiger partial charge in [-0.1, -0.05) is 0 Å². The number of nitrogens with zero attached hydrogens (tertiary/aromatic N) is 3. The molecule has 8 nitrogen and oxygen atoms in total. The van der Waals surface area contributed by atoms with Crippen LogP contribution in [0.2, 0.25) is 0 Å². The Bertz CT molecular complexity index is 1060. The molecule has 3 aromatic rings. The van der Waals surface area contributed by atoms with Gasteiger partial charge in [0.2, 0.25) is 0 Å². The third kappa shape index (κ3) is 4.03. The molecule has 27 heavy (non-hydrogen) atoms. The third-order valence-corrected chi connectivity index (χ3v) is 4.62. The topological polar surface area (TPSA) is 103 Å². The minimum Gasteiger partial charge on any atom is -0.466 e. The number of carbonyl (C=O) groups is 2. The number of nitrogens with one attached hydrogen (secondary N) is 1. The molecule has 0 aliphatic heterocycles. The molecule has 1 N–H and O–H groups in total. The van der Waals surface area contributed by atoms with Crippen molar-refractivity contribution in [2.75, 3.05) is 11.9 Å². The minimum atomic E-state index is -0.551. The van der Waals surface area contributed by atoms with Gasteiger partial charge in [-0.25, -0.2) is 9.97 Å². The summed E-state index contributed by atoms with van der Waals surface area (Å²) in [5.74, 6) is -0.932. The third-order valence-electron chi connectivity index (χ3n) is 3.81. The van der Waals surface area contributed by atoms with Crippen LogP contribution < -0.4 is 10.9 Å². The fourth-order valence-electron chi connectivity index (χ4n) is 2.63. The zero-order valence-electron chi connectivity index (χ0n) is 14.9. The number of aromatic nitrogens is 3. The van der Waals surface area contributed by atoms with Crippen LogP contribution in [0.15, 0.2) is 34.6 Å². The highest BCUT2D eigenvalue weighted by Gasteiger charge is 2.17. The summed E-state index contributed by atoms with van der Waals surface area (Å²) in [6.45, 7) is 4.24. The summed E-state index contributed by atoms with van der Waals surface area (Å²) in [7, 11) is 0. The summed E-state index contributed by atoms with van der Waals surface area (Å²) in [5.41, 5.74) is 0.638. The van der Waals surface area contributed by atoms with Gasteiger partial charge < -0.3 is 4.74 Å². The minimum absolute atomic E-state index is 0.0134. The monoisotopic (exact) mass is 386 g/mol. The molecule has 0 atom stereocenters. The Hall–Kier alpha value is -3.07. The standard InChI is InChI=1S/C18H18N4O4S/c1-3-22-15-11(6-5-7-19-15)8-13(17(22)25)16(24)21-18-20-12(10-27-18)9-14(23)26-4-2/h5-8,10H,3-4,9H2,1-2H3,(H,20,21,24). The lowest BCUT2D eigenvalue weighted by Crippen LogP contribution is -2.29. The molecule has 0 unspecified atom stereocenters. The normalized spacial score (nSPS) is 10.7. The van der Waals surface area contributed by atoms with Crippen molar-refractivity contribution in [3.63, 3.8) is 0 Å². The maximum absolute atomic E-state index is 12.7. The maximum atomic E-state index is 12.7. The second-order valence-corrected chi connectivity index (χ2v) is 6.46. The molecule has 140 valence electrons. The number of esters is 1. The predicted octanol–water partition coefficient (Wildman–Crippen LogP) is 2.23. The van der Waals surface area contributed by atoms with E-state index >= 15 is 0 Å². The van der Waals surface area contributed by atoms with Gasteiger partial charge in [0.1, 0.15) is 11.2 Å². The van der Waals surface area contributed by atoms with E-state index in [-0.39, 0.29) is 18.0 Å². The fraction of sp³-hybridized carbons (Fsp3) is 0.278. The summed E-state index contributed by atoms with van der Waals surface area (Å²) < 4.78 is 6.33. The van der Waals surface area contributed by atoms with Crippen molar-refractivity contribution >= 4 is 39.4 Å². The van der Waals surface area contributed by atoms with E-state index < -0.39 is 11.5 Å². The highest BCUT2D eigenvalue weighted by atomic mass is 32.1. The number of amides is 1. The van der Waals surface area contributed by atoms with Gasteiger partial charge in [0.15, 0.2) is 5.13 Å². The van der Waals surface area contributed by atoms with Gasteiger partial charge in [0.05, 0.1) is 18.7 Å². The molecule has 0 spiro atoms. The molecule has 0 aliphatic carbocycles. The summed E-state index contributed by atoms with van der Waals surface area (Å²) in [6, 6.07) is 5.07. The van der Waals surface area contributed by atoms with Crippen molar-refractivity contribution in [2.24, 2.45) is 0 Å². The van der Waals surface area contributed by atoms with Crippen LogP contribution in [0.3, 0.4) is 0 Å². The molecule has 0 radical (unpaired) electrons. The molecule has 1 amide bonds. The van der Waals surface area contributed by atoms with E-state index in [1.54, 1.807) is 30.6 Å². The van der Waals surface area contributed by atoms with Crippen LogP contribution in [-0.4, -0.2) is 33.0 Å². The number of carbonyl (C=O) groups excluding carboxylic acids is 2. The number of pyridine rings is 2. The number of ether oxygens (including phenoxy) is 1. The largest absolute Gasteiger partial charge is 0.466 e. The van der Waals surface area contributed by atoms with Crippen molar-refractivity contribution in [3.8, 4) is 0 Å². The molecule has 0 saturated heterocycles. The molecule has 0 bridgehead atoms. The van der Waals surface area contributed by atoms with Gasteiger partial charge >= 0.3 is 5.97 Å². The van der Waals surface area contributed by atoms with Crippen LogP contribution >= 0.6 is 11.3 Å².